The second kappa shape index (κ2) is 4.53. The molecule has 0 aliphatic carbocycles. The van der Waals surface area contributed by atoms with Crippen LogP contribution < -0.4 is 5.32 Å². The van der Waals surface area contributed by atoms with E-state index in [1.54, 1.807) is 0 Å². The lowest BCUT2D eigenvalue weighted by atomic mass is 10.2. The number of rotatable bonds is 3. The van der Waals surface area contributed by atoms with Crippen LogP contribution in [0, 0.1) is 6.92 Å². The van der Waals surface area contributed by atoms with Crippen LogP contribution in [0.3, 0.4) is 0 Å². The summed E-state index contributed by atoms with van der Waals surface area (Å²) < 4.78 is 2.43. The van der Waals surface area contributed by atoms with Crippen LogP contribution >= 0.6 is 0 Å². The van der Waals surface area contributed by atoms with Crippen molar-refractivity contribution in [1.82, 2.24) is 9.88 Å². The first-order valence-corrected chi connectivity index (χ1v) is 6.33. The molecule has 2 nitrogen and oxygen atoms in total. The van der Waals surface area contributed by atoms with Crippen molar-refractivity contribution in [2.45, 2.75) is 39.8 Å². The Morgan fingerprint density at radius 3 is 2.41 bits per heavy atom. The fraction of sp³-hybridized carbons (Fsp3) is 0.467. The molecule has 0 bridgehead atoms. The lowest BCUT2D eigenvalue weighted by Crippen LogP contribution is -2.17. The lowest BCUT2D eigenvalue weighted by molar-refractivity contribution is 0.535. The maximum Gasteiger partial charge on any atom is 0.0488 e. The Morgan fingerprint density at radius 2 is 1.82 bits per heavy atom. The molecule has 2 heteroatoms. The largest absolute Gasteiger partial charge is 0.341 e. The third-order valence-electron chi connectivity index (χ3n) is 3.42. The molecule has 0 saturated carbocycles. The Labute approximate surface area is 104 Å². The van der Waals surface area contributed by atoms with Crippen LogP contribution in [-0.4, -0.2) is 11.6 Å². The summed E-state index contributed by atoms with van der Waals surface area (Å²) in [6.45, 7) is 8.85. The number of nitrogens with zero attached hydrogens (tertiary/aromatic N) is 1. The molecular formula is C15H22N2. The van der Waals surface area contributed by atoms with E-state index in [9.17, 15) is 0 Å². The molecule has 2 rings (SSSR count). The molecule has 0 spiro atoms. The minimum atomic E-state index is 0.380. The number of fused-ring (bicyclic) bond motifs is 1. The zero-order valence-corrected chi connectivity index (χ0v) is 11.4. The van der Waals surface area contributed by atoms with Crippen molar-refractivity contribution < 1.29 is 0 Å². The summed E-state index contributed by atoms with van der Waals surface area (Å²) in [5.41, 5.74) is 4.03. The predicted molar refractivity (Wildman–Crippen MR) is 74.5 cm³/mol. The second-order valence-electron chi connectivity index (χ2n) is 5.11. The van der Waals surface area contributed by atoms with E-state index in [2.05, 4.69) is 61.8 Å². The Morgan fingerprint density at radius 1 is 1.12 bits per heavy atom. The van der Waals surface area contributed by atoms with Crippen molar-refractivity contribution in [2.75, 3.05) is 7.05 Å². The highest BCUT2D eigenvalue weighted by Crippen LogP contribution is 2.28. The van der Waals surface area contributed by atoms with Crippen LogP contribution in [0.15, 0.2) is 24.3 Å². The number of hydrogen-bond donors (Lipinski definition) is 1. The van der Waals surface area contributed by atoms with Gasteiger partial charge in [-0.25, -0.2) is 0 Å². The lowest BCUT2D eigenvalue weighted by Gasteiger charge is -2.19. The molecule has 17 heavy (non-hydrogen) atoms. The van der Waals surface area contributed by atoms with Crippen LogP contribution in [0.25, 0.3) is 10.9 Å². The van der Waals surface area contributed by atoms with Crippen LogP contribution in [0.1, 0.15) is 44.1 Å². The summed E-state index contributed by atoms with van der Waals surface area (Å²) in [7, 11) is 2.01. The molecule has 0 fully saturated rings. The van der Waals surface area contributed by atoms with Gasteiger partial charge in [-0.3, -0.25) is 0 Å². The van der Waals surface area contributed by atoms with Crippen molar-refractivity contribution >= 4 is 10.9 Å². The highest BCUT2D eigenvalue weighted by Gasteiger charge is 2.15. The molecule has 0 radical (unpaired) electrons. The van der Waals surface area contributed by atoms with Gasteiger partial charge in [-0.05, 0) is 57.8 Å². The Kier molecular flexibility index (Phi) is 3.25. The predicted octanol–water partition coefficient (Wildman–Crippen LogP) is 3.81. The molecule has 0 aliphatic heterocycles. The van der Waals surface area contributed by atoms with Crippen LogP contribution in [0.5, 0.6) is 0 Å². The van der Waals surface area contributed by atoms with Crippen molar-refractivity contribution in [3.63, 3.8) is 0 Å². The molecule has 1 heterocycles. The van der Waals surface area contributed by atoms with Crippen molar-refractivity contribution in [2.24, 2.45) is 0 Å². The van der Waals surface area contributed by atoms with Crippen LogP contribution in [0.2, 0.25) is 0 Å². The number of aryl methyl sites for hydroxylation is 1. The molecule has 0 aliphatic rings. The Balaban J connectivity index is 2.71. The molecule has 0 saturated heterocycles. The van der Waals surface area contributed by atoms with E-state index < -0.39 is 0 Å². The fourth-order valence-electron chi connectivity index (χ4n) is 2.41. The average molecular weight is 230 g/mol. The molecule has 1 aromatic carbocycles. The zero-order chi connectivity index (χ0) is 12.6. The van der Waals surface area contributed by atoms with Gasteiger partial charge >= 0.3 is 0 Å². The van der Waals surface area contributed by atoms with Gasteiger partial charge in [0.25, 0.3) is 0 Å². The summed E-state index contributed by atoms with van der Waals surface area (Å²) in [4.78, 5) is 0. The van der Waals surface area contributed by atoms with Gasteiger partial charge in [-0.1, -0.05) is 12.1 Å². The number of benzene rings is 1. The van der Waals surface area contributed by atoms with Gasteiger partial charge in [0, 0.05) is 23.3 Å². The normalized spacial score (nSPS) is 13.5. The first-order valence-electron chi connectivity index (χ1n) is 6.33. The van der Waals surface area contributed by atoms with Crippen molar-refractivity contribution in [1.29, 1.82) is 0 Å². The van der Waals surface area contributed by atoms with Crippen LogP contribution in [0.4, 0.5) is 0 Å². The molecule has 2 aromatic rings. The van der Waals surface area contributed by atoms with Crippen LogP contribution in [-0.2, 0) is 0 Å². The van der Waals surface area contributed by atoms with E-state index in [1.165, 1.54) is 22.2 Å². The SMILES string of the molecule is CNC(C)c1cc2ccc(C)cc2n1C(C)C. The third-order valence-corrected chi connectivity index (χ3v) is 3.42. The van der Waals surface area contributed by atoms with Crippen molar-refractivity contribution in [3.05, 3.63) is 35.5 Å². The molecule has 0 amide bonds. The first-order chi connectivity index (χ1) is 8.04. The van der Waals surface area contributed by atoms with Gasteiger partial charge in [-0.2, -0.15) is 0 Å². The fourth-order valence-corrected chi connectivity index (χ4v) is 2.41. The van der Waals surface area contributed by atoms with Crippen molar-refractivity contribution in [3.8, 4) is 0 Å². The van der Waals surface area contributed by atoms with Gasteiger partial charge in [0.15, 0.2) is 0 Å². The smallest absolute Gasteiger partial charge is 0.0488 e. The molecule has 1 unspecified atom stereocenters. The van der Waals surface area contributed by atoms with Gasteiger partial charge in [-0.15, -0.1) is 0 Å². The van der Waals surface area contributed by atoms with E-state index in [-0.39, 0.29) is 0 Å². The van der Waals surface area contributed by atoms with E-state index in [4.69, 9.17) is 0 Å². The monoisotopic (exact) mass is 230 g/mol. The highest BCUT2D eigenvalue weighted by molar-refractivity contribution is 5.82. The maximum atomic E-state index is 3.33. The van der Waals surface area contributed by atoms with E-state index >= 15 is 0 Å². The summed E-state index contributed by atoms with van der Waals surface area (Å²) in [5.74, 6) is 0. The van der Waals surface area contributed by atoms with E-state index in [0.717, 1.165) is 0 Å². The number of hydrogen-bond acceptors (Lipinski definition) is 1. The van der Waals surface area contributed by atoms with E-state index in [0.29, 0.717) is 12.1 Å². The number of aromatic nitrogens is 1. The summed E-state index contributed by atoms with van der Waals surface area (Å²) in [6, 6.07) is 9.85. The molecule has 92 valence electrons. The van der Waals surface area contributed by atoms with Gasteiger partial charge in [0.05, 0.1) is 0 Å². The highest BCUT2D eigenvalue weighted by atomic mass is 15.0. The Hall–Kier alpha value is -1.28. The molecular weight excluding hydrogens is 208 g/mol. The molecule has 1 N–H and O–H groups in total. The second-order valence-corrected chi connectivity index (χ2v) is 5.11. The quantitative estimate of drug-likeness (QED) is 0.848. The molecule has 1 atom stereocenters. The standard InChI is InChI=1S/C15H22N2/c1-10(2)17-14(12(4)16-5)9-13-7-6-11(3)8-15(13)17/h6-10,12,16H,1-5H3. The number of nitrogens with one attached hydrogen (secondary N) is 1. The Bertz CT molecular complexity index is 523. The third kappa shape index (κ3) is 2.09. The van der Waals surface area contributed by atoms with Gasteiger partial charge < -0.3 is 9.88 Å². The summed E-state index contributed by atoms with van der Waals surface area (Å²) >= 11 is 0. The van der Waals surface area contributed by atoms with Gasteiger partial charge in [0.2, 0.25) is 0 Å². The zero-order valence-electron chi connectivity index (χ0n) is 11.4. The minimum Gasteiger partial charge on any atom is -0.341 e. The summed E-state index contributed by atoms with van der Waals surface area (Å²) in [6.07, 6.45) is 0. The molecule has 1 aromatic heterocycles. The average Bonchev–Trinajstić information content (AvgIpc) is 2.66. The maximum absolute atomic E-state index is 3.33. The summed E-state index contributed by atoms with van der Waals surface area (Å²) in [5, 5.41) is 4.67. The first kappa shape index (κ1) is 12.2. The minimum absolute atomic E-state index is 0.380. The van der Waals surface area contributed by atoms with Gasteiger partial charge in [0.1, 0.15) is 0 Å². The topological polar surface area (TPSA) is 17.0 Å². The van der Waals surface area contributed by atoms with E-state index in [1.807, 2.05) is 7.05 Å².